The molecule has 0 saturated heterocycles. The lowest BCUT2D eigenvalue weighted by molar-refractivity contribution is 1.06. The summed E-state index contributed by atoms with van der Waals surface area (Å²) in [4.78, 5) is 4.08. The van der Waals surface area contributed by atoms with E-state index in [1.807, 2.05) is 12.1 Å². The summed E-state index contributed by atoms with van der Waals surface area (Å²) >= 11 is 4.92. The molecular formula is C8H12N4S. The zero-order valence-electron chi connectivity index (χ0n) is 7.37. The van der Waals surface area contributed by atoms with Gasteiger partial charge in [-0.05, 0) is 29.9 Å². The zero-order chi connectivity index (χ0) is 9.68. The van der Waals surface area contributed by atoms with Crippen LogP contribution in [0, 0.1) is 0 Å². The molecule has 0 atom stereocenters. The molecule has 1 aromatic rings. The summed E-state index contributed by atoms with van der Waals surface area (Å²) in [6, 6.07) is 3.73. The van der Waals surface area contributed by atoms with Gasteiger partial charge >= 0.3 is 0 Å². The molecule has 0 aliphatic heterocycles. The van der Waals surface area contributed by atoms with Crippen molar-refractivity contribution >= 4 is 23.1 Å². The van der Waals surface area contributed by atoms with E-state index in [4.69, 9.17) is 18.0 Å². The van der Waals surface area contributed by atoms with Gasteiger partial charge in [0.05, 0.1) is 0 Å². The van der Waals surface area contributed by atoms with Gasteiger partial charge < -0.3 is 16.4 Å². The highest BCUT2D eigenvalue weighted by Gasteiger charge is 1.96. The summed E-state index contributed by atoms with van der Waals surface area (Å²) in [5.41, 5.74) is 6.50. The minimum atomic E-state index is 0.503. The van der Waals surface area contributed by atoms with Crippen molar-refractivity contribution in [2.24, 2.45) is 5.73 Å². The van der Waals surface area contributed by atoms with E-state index >= 15 is 0 Å². The number of thiocarbonyl (C=S) groups is 1. The number of nitrogens with one attached hydrogen (secondary N) is 2. The fraction of sp³-hybridized carbons (Fsp3) is 0.250. The van der Waals surface area contributed by atoms with Crippen LogP contribution in [-0.2, 0) is 6.54 Å². The van der Waals surface area contributed by atoms with Gasteiger partial charge in [-0.25, -0.2) is 4.98 Å². The monoisotopic (exact) mass is 196 g/mol. The Hall–Kier alpha value is -1.20. The van der Waals surface area contributed by atoms with E-state index in [0.717, 1.165) is 5.56 Å². The van der Waals surface area contributed by atoms with E-state index in [0.29, 0.717) is 17.5 Å². The van der Waals surface area contributed by atoms with Gasteiger partial charge in [0, 0.05) is 19.8 Å². The Morgan fingerprint density at radius 3 is 3.08 bits per heavy atom. The largest absolute Gasteiger partial charge is 0.365 e. The van der Waals surface area contributed by atoms with Gasteiger partial charge in [0.25, 0.3) is 0 Å². The number of pyridine rings is 1. The van der Waals surface area contributed by atoms with Crippen molar-refractivity contribution in [2.75, 3.05) is 12.4 Å². The van der Waals surface area contributed by atoms with Crippen LogP contribution < -0.4 is 16.4 Å². The summed E-state index contributed by atoms with van der Waals surface area (Å²) in [7, 11) is 1.75. The van der Waals surface area contributed by atoms with Crippen LogP contribution in [0.3, 0.4) is 0 Å². The second kappa shape index (κ2) is 4.74. The Morgan fingerprint density at radius 1 is 1.69 bits per heavy atom. The molecular weight excluding hydrogens is 184 g/mol. The number of anilines is 1. The summed E-state index contributed by atoms with van der Waals surface area (Å²) in [5, 5.41) is 6.26. The average Bonchev–Trinajstić information content (AvgIpc) is 2.18. The van der Waals surface area contributed by atoms with Crippen LogP contribution in [-0.4, -0.2) is 17.1 Å². The van der Waals surface area contributed by atoms with E-state index in [2.05, 4.69) is 15.6 Å². The number of hydrogen-bond donors (Lipinski definition) is 3. The van der Waals surface area contributed by atoms with Crippen LogP contribution in [0.15, 0.2) is 18.3 Å². The molecule has 1 rings (SSSR count). The van der Waals surface area contributed by atoms with Crippen LogP contribution in [0.1, 0.15) is 5.56 Å². The smallest absolute Gasteiger partial charge is 0.171 e. The predicted octanol–water partition coefficient (Wildman–Crippen LogP) is 0.456. The van der Waals surface area contributed by atoms with Gasteiger partial charge in [0.2, 0.25) is 0 Å². The van der Waals surface area contributed by atoms with Gasteiger partial charge in [0.15, 0.2) is 5.11 Å². The van der Waals surface area contributed by atoms with Crippen molar-refractivity contribution in [3.8, 4) is 0 Å². The third kappa shape index (κ3) is 2.96. The Labute approximate surface area is 82.5 Å². The first-order chi connectivity index (χ1) is 6.26. The average molecular weight is 196 g/mol. The second-order valence-corrected chi connectivity index (χ2v) is 2.87. The molecule has 70 valence electrons. The maximum absolute atomic E-state index is 5.48. The van der Waals surface area contributed by atoms with Crippen molar-refractivity contribution in [1.29, 1.82) is 0 Å². The fourth-order valence-electron chi connectivity index (χ4n) is 0.848. The molecule has 0 fully saturated rings. The lowest BCUT2D eigenvalue weighted by Gasteiger charge is -2.06. The number of hydrogen-bond acceptors (Lipinski definition) is 3. The topological polar surface area (TPSA) is 63.0 Å². The molecule has 5 heteroatoms. The standard InChI is InChI=1S/C8H12N4S/c1-10-8(13)12-7-4-6(5-9)2-3-11-7/h2-4H,5,9H2,1H3,(H2,10,11,12,13). The van der Waals surface area contributed by atoms with Gasteiger partial charge in [-0.1, -0.05) is 0 Å². The quantitative estimate of drug-likeness (QED) is 0.600. The SMILES string of the molecule is CNC(=S)Nc1cc(CN)ccn1. The maximum Gasteiger partial charge on any atom is 0.171 e. The Kier molecular flexibility index (Phi) is 3.60. The van der Waals surface area contributed by atoms with E-state index in [1.165, 1.54) is 0 Å². The molecule has 0 radical (unpaired) electrons. The molecule has 13 heavy (non-hydrogen) atoms. The van der Waals surface area contributed by atoms with Crippen LogP contribution in [0.4, 0.5) is 5.82 Å². The first-order valence-corrected chi connectivity index (χ1v) is 4.31. The first kappa shape index (κ1) is 9.88. The van der Waals surface area contributed by atoms with Crippen molar-refractivity contribution in [3.63, 3.8) is 0 Å². The Morgan fingerprint density at radius 2 is 2.46 bits per heavy atom. The summed E-state index contributed by atoms with van der Waals surface area (Å²) < 4.78 is 0. The highest BCUT2D eigenvalue weighted by molar-refractivity contribution is 7.80. The second-order valence-electron chi connectivity index (χ2n) is 2.46. The Balaban J connectivity index is 2.71. The highest BCUT2D eigenvalue weighted by atomic mass is 32.1. The minimum Gasteiger partial charge on any atom is -0.365 e. The molecule has 0 aliphatic carbocycles. The van der Waals surface area contributed by atoms with Gasteiger partial charge in [-0.3, -0.25) is 0 Å². The van der Waals surface area contributed by atoms with Crippen molar-refractivity contribution in [3.05, 3.63) is 23.9 Å². The lowest BCUT2D eigenvalue weighted by atomic mass is 10.2. The van der Waals surface area contributed by atoms with Crippen LogP contribution >= 0.6 is 12.2 Å². The fourth-order valence-corrected chi connectivity index (χ4v) is 0.953. The molecule has 0 saturated carbocycles. The van der Waals surface area contributed by atoms with Crippen LogP contribution in [0.25, 0.3) is 0 Å². The number of aromatic nitrogens is 1. The van der Waals surface area contributed by atoms with Gasteiger partial charge in [0.1, 0.15) is 5.82 Å². The van der Waals surface area contributed by atoms with Gasteiger partial charge in [-0.15, -0.1) is 0 Å². The minimum absolute atomic E-state index is 0.503. The molecule has 0 bridgehead atoms. The molecule has 0 spiro atoms. The first-order valence-electron chi connectivity index (χ1n) is 3.90. The number of nitrogens with two attached hydrogens (primary N) is 1. The summed E-state index contributed by atoms with van der Waals surface area (Å²) in [6.07, 6.45) is 1.70. The van der Waals surface area contributed by atoms with Crippen molar-refractivity contribution in [2.45, 2.75) is 6.54 Å². The predicted molar refractivity (Wildman–Crippen MR) is 57.4 cm³/mol. The summed E-state index contributed by atoms with van der Waals surface area (Å²) in [6.45, 7) is 0.503. The van der Waals surface area contributed by atoms with Crippen molar-refractivity contribution < 1.29 is 0 Å². The molecule has 4 N–H and O–H groups in total. The molecule has 0 aliphatic rings. The normalized spacial score (nSPS) is 9.38. The molecule has 1 heterocycles. The van der Waals surface area contributed by atoms with E-state index in [-0.39, 0.29) is 0 Å². The van der Waals surface area contributed by atoms with E-state index in [9.17, 15) is 0 Å². The maximum atomic E-state index is 5.48. The molecule has 0 amide bonds. The molecule has 4 nitrogen and oxygen atoms in total. The Bertz CT molecular complexity index is 300. The molecule has 0 unspecified atom stereocenters. The van der Waals surface area contributed by atoms with Gasteiger partial charge in [-0.2, -0.15) is 0 Å². The summed E-state index contributed by atoms with van der Waals surface area (Å²) in [5.74, 6) is 0.710. The van der Waals surface area contributed by atoms with Crippen molar-refractivity contribution in [1.82, 2.24) is 10.3 Å². The molecule has 1 aromatic heterocycles. The number of nitrogens with zero attached hydrogens (tertiary/aromatic N) is 1. The van der Waals surface area contributed by atoms with E-state index < -0.39 is 0 Å². The highest BCUT2D eigenvalue weighted by Crippen LogP contribution is 2.05. The third-order valence-corrected chi connectivity index (χ3v) is 1.83. The van der Waals surface area contributed by atoms with Crippen LogP contribution in [0.5, 0.6) is 0 Å². The third-order valence-electron chi connectivity index (χ3n) is 1.53. The number of rotatable bonds is 2. The lowest BCUT2D eigenvalue weighted by Crippen LogP contribution is -2.24. The van der Waals surface area contributed by atoms with E-state index in [1.54, 1.807) is 13.2 Å². The zero-order valence-corrected chi connectivity index (χ0v) is 8.19. The van der Waals surface area contributed by atoms with Crippen LogP contribution in [0.2, 0.25) is 0 Å². The molecule has 0 aromatic carbocycles.